The van der Waals surface area contributed by atoms with E-state index in [1.54, 1.807) is 36.4 Å². The molecule has 0 saturated carbocycles. The molecule has 0 bridgehead atoms. The molecule has 0 unspecified atom stereocenters. The van der Waals surface area contributed by atoms with Gasteiger partial charge in [-0.1, -0.05) is 36.4 Å². The molecule has 0 amide bonds. The van der Waals surface area contributed by atoms with Crippen molar-refractivity contribution in [3.63, 3.8) is 0 Å². The van der Waals surface area contributed by atoms with Crippen molar-refractivity contribution < 1.29 is 58.6 Å². The first-order valence-corrected chi connectivity index (χ1v) is 19.6. The van der Waals surface area contributed by atoms with Crippen LogP contribution in [0.25, 0.3) is 32.7 Å². The second-order valence-corrected chi connectivity index (χ2v) is 15.8. The molecule has 0 atom stereocenters. The Morgan fingerprint density at radius 1 is 0.552 bits per heavy atom. The van der Waals surface area contributed by atoms with Gasteiger partial charge in [-0.25, -0.2) is 0 Å². The van der Waals surface area contributed by atoms with Crippen LogP contribution in [0.15, 0.2) is 120 Å². The molecule has 0 saturated heterocycles. The Morgan fingerprint density at radius 2 is 1.05 bits per heavy atom. The molecule has 3 radical (unpaired) electrons. The van der Waals surface area contributed by atoms with Crippen LogP contribution in [-0.2, 0) is 30.4 Å². The van der Waals surface area contributed by atoms with E-state index in [9.17, 15) is 49.1 Å². The maximum Gasteiger partial charge on any atom is 0.296 e. The van der Waals surface area contributed by atoms with Gasteiger partial charge in [-0.05, 0) is 65.0 Å². The van der Waals surface area contributed by atoms with Gasteiger partial charge < -0.3 is 25.4 Å². The first-order valence-electron chi connectivity index (χ1n) is 15.3. The third-order valence-electron chi connectivity index (χ3n) is 8.18. The van der Waals surface area contributed by atoms with Crippen LogP contribution in [0.4, 0.5) is 28.4 Å². The molecule has 6 rings (SSSR count). The Bertz CT molecular complexity index is 2990. The molecule has 0 heterocycles. The zero-order chi connectivity index (χ0) is 40.0. The molecule has 0 aliphatic carbocycles. The van der Waals surface area contributed by atoms with Gasteiger partial charge in [0.25, 0.3) is 30.4 Å². The Hall–Kier alpha value is -3.23. The van der Waals surface area contributed by atoms with E-state index in [4.69, 9.17) is 15.2 Å². The zero-order valence-corrected chi connectivity index (χ0v) is 39.6. The average molecular weight is 879 g/mol. The minimum Gasteiger partial charge on any atom is -0.505 e. The Morgan fingerprint density at radius 3 is 1.55 bits per heavy atom. The largest absolute Gasteiger partial charge is 0.505 e. The van der Waals surface area contributed by atoms with Crippen molar-refractivity contribution in [3.8, 4) is 34.1 Å². The van der Waals surface area contributed by atoms with E-state index in [1.807, 2.05) is 0 Å². The number of nitrogens with two attached hydrogens (primary N) is 1. The molecule has 0 aromatic heterocycles. The van der Waals surface area contributed by atoms with Crippen LogP contribution in [0, 0.1) is 0 Å². The molecular formula is C34H27N5Na3O13S3. The van der Waals surface area contributed by atoms with E-state index < -0.39 is 56.5 Å². The fourth-order valence-electron chi connectivity index (χ4n) is 5.63. The number of anilines is 1. The fourth-order valence-corrected chi connectivity index (χ4v) is 7.55. The molecule has 0 aliphatic heterocycles. The van der Waals surface area contributed by atoms with E-state index in [1.165, 1.54) is 38.5 Å². The van der Waals surface area contributed by atoms with E-state index in [-0.39, 0.29) is 150 Å². The predicted octanol–water partition coefficient (Wildman–Crippen LogP) is 6.10. The number of phenolic OH excluding ortho intramolecular Hbond substituents is 2. The molecule has 24 heteroatoms. The van der Waals surface area contributed by atoms with Crippen LogP contribution < -0.4 is 15.2 Å². The van der Waals surface area contributed by atoms with Crippen molar-refractivity contribution in [2.45, 2.75) is 14.7 Å². The average Bonchev–Trinajstić information content (AvgIpc) is 3.12. The summed E-state index contributed by atoms with van der Waals surface area (Å²) in [6.07, 6.45) is 0. The van der Waals surface area contributed by atoms with Crippen LogP contribution in [0.1, 0.15) is 0 Å². The van der Waals surface area contributed by atoms with Crippen LogP contribution in [0.3, 0.4) is 0 Å². The summed E-state index contributed by atoms with van der Waals surface area (Å²) in [7, 11) is -11.9. The number of fused-ring (bicyclic) bond motifs is 2. The number of nitrogen functional groups attached to an aromatic ring is 1. The van der Waals surface area contributed by atoms with E-state index in [2.05, 4.69) is 20.5 Å². The molecule has 7 N–H and O–H groups in total. The summed E-state index contributed by atoms with van der Waals surface area (Å²) < 4.78 is 112. The van der Waals surface area contributed by atoms with Crippen molar-refractivity contribution in [3.05, 3.63) is 84.9 Å². The summed E-state index contributed by atoms with van der Waals surface area (Å²) in [4.78, 5) is -2.10. The van der Waals surface area contributed by atoms with Crippen molar-refractivity contribution in [1.82, 2.24) is 0 Å². The van der Waals surface area contributed by atoms with Crippen molar-refractivity contribution in [2.24, 2.45) is 20.5 Å². The van der Waals surface area contributed by atoms with Crippen molar-refractivity contribution >= 4 is 169 Å². The van der Waals surface area contributed by atoms with Gasteiger partial charge in [-0.2, -0.15) is 25.3 Å². The van der Waals surface area contributed by atoms with Crippen LogP contribution in [0.5, 0.6) is 23.0 Å². The SMILES string of the molecule is COc1cc(-c2ccc(N=Nc3c(S(=O)(=O)O)cc4cc(S(=O)(=O)O)cc(N)c4c3O)c(OC)c2)ccc1N=Nc1cc(S(=O)(=O)O)c2ccccc2c1O.[Na].[Na].[Na]. The summed E-state index contributed by atoms with van der Waals surface area (Å²) in [6.45, 7) is 0. The third-order valence-corrected chi connectivity index (χ3v) is 10.8. The Labute approximate surface area is 397 Å². The smallest absolute Gasteiger partial charge is 0.296 e. The van der Waals surface area contributed by atoms with Gasteiger partial charge in [-0.3, -0.25) is 13.7 Å². The van der Waals surface area contributed by atoms with Crippen LogP contribution in [-0.4, -0.2) is 152 Å². The monoisotopic (exact) mass is 878 g/mol. The summed E-state index contributed by atoms with van der Waals surface area (Å²) in [5, 5.41) is 37.6. The normalized spacial score (nSPS) is 11.9. The maximum absolute atomic E-state index is 12.3. The minimum atomic E-state index is -5.09. The van der Waals surface area contributed by atoms with Gasteiger partial charge in [0.05, 0.1) is 19.1 Å². The van der Waals surface area contributed by atoms with Gasteiger partial charge in [0.1, 0.15) is 44.0 Å². The number of rotatable bonds is 10. The molecule has 6 aromatic carbocycles. The standard InChI is InChI=1S/C34H27N5O13S3.3Na/c1-51-27-12-17(7-9-24(27)36-38-26-16-29(54(45,46)47)21-5-3-4-6-22(21)33(26)40)18-8-10-25(28(13-18)52-2)37-39-32-30(55(48,49)50)14-19-11-20(53(42,43)44)15-23(35)31(19)34(32)41;;;/h3-16,40-41H,35H2,1-2H3,(H,42,43,44)(H,45,46,47)(H,48,49,50);;;. The van der Waals surface area contributed by atoms with Crippen molar-refractivity contribution in [1.29, 1.82) is 0 Å². The Balaban J connectivity index is 0.00000300. The molecule has 18 nitrogen and oxygen atoms in total. The third kappa shape index (κ3) is 10.2. The van der Waals surface area contributed by atoms with E-state index in [0.717, 1.165) is 24.3 Å². The van der Waals surface area contributed by atoms with E-state index in [0.29, 0.717) is 11.1 Å². The predicted molar refractivity (Wildman–Crippen MR) is 216 cm³/mol. The van der Waals surface area contributed by atoms with Gasteiger partial charge in [0.2, 0.25) is 0 Å². The molecule has 58 heavy (non-hydrogen) atoms. The van der Waals surface area contributed by atoms with Gasteiger partial charge >= 0.3 is 0 Å². The van der Waals surface area contributed by atoms with Crippen molar-refractivity contribution in [2.75, 3.05) is 20.0 Å². The number of nitrogens with zero attached hydrogens (tertiary/aromatic N) is 4. The van der Waals surface area contributed by atoms with E-state index >= 15 is 0 Å². The number of benzene rings is 6. The number of azo groups is 2. The number of hydrogen-bond acceptors (Lipinski definition) is 15. The van der Waals surface area contributed by atoms with Gasteiger partial charge in [-0.15, -0.1) is 20.5 Å². The quantitative estimate of drug-likeness (QED) is 0.0392. The summed E-state index contributed by atoms with van der Waals surface area (Å²) in [5.74, 6) is -0.888. The number of phenols is 2. The molecule has 0 fully saturated rings. The minimum absolute atomic E-state index is 0. The zero-order valence-electron chi connectivity index (χ0n) is 31.2. The summed E-state index contributed by atoms with van der Waals surface area (Å²) in [5.41, 5.74) is 5.95. The number of hydrogen-bond donors (Lipinski definition) is 6. The number of ether oxygens (including phenoxy) is 2. The number of methoxy groups -OCH3 is 2. The van der Waals surface area contributed by atoms with Crippen LogP contribution >= 0.6 is 0 Å². The maximum atomic E-state index is 12.3. The van der Waals surface area contributed by atoms with Gasteiger partial charge in [0.15, 0.2) is 11.5 Å². The molecule has 287 valence electrons. The molecule has 0 aliphatic rings. The summed E-state index contributed by atoms with van der Waals surface area (Å²) in [6, 6.07) is 18.8. The molecular weight excluding hydrogens is 852 g/mol. The number of aromatic hydroxyl groups is 2. The first kappa shape index (κ1) is 49.1. The van der Waals surface area contributed by atoms with Gasteiger partial charge in [0, 0.05) is 111 Å². The second-order valence-electron chi connectivity index (χ2n) is 11.6. The molecule has 0 spiro atoms. The summed E-state index contributed by atoms with van der Waals surface area (Å²) >= 11 is 0. The Kier molecular flexibility index (Phi) is 16.1. The molecule has 6 aromatic rings. The topological polar surface area (TPSA) is 297 Å². The second kappa shape index (κ2) is 19.0. The fraction of sp³-hybridized carbons (Fsp3) is 0.0588. The van der Waals surface area contributed by atoms with Crippen LogP contribution in [0.2, 0.25) is 0 Å². The first-order chi connectivity index (χ1) is 25.8.